The molecule has 0 bridgehead atoms. The van der Waals surface area contributed by atoms with Crippen molar-refractivity contribution in [2.45, 2.75) is 26.8 Å². The summed E-state index contributed by atoms with van der Waals surface area (Å²) >= 11 is 0. The predicted molar refractivity (Wildman–Crippen MR) is 111 cm³/mol. The van der Waals surface area contributed by atoms with Crippen molar-refractivity contribution < 1.29 is 9.59 Å². The first-order valence-electron chi connectivity index (χ1n) is 9.26. The molecular formula is C23H23N3O2. The van der Waals surface area contributed by atoms with Gasteiger partial charge < -0.3 is 10.6 Å². The van der Waals surface area contributed by atoms with E-state index < -0.39 is 0 Å². The lowest BCUT2D eigenvalue weighted by Crippen LogP contribution is -2.22. The molecule has 0 unspecified atom stereocenters. The van der Waals surface area contributed by atoms with Crippen molar-refractivity contribution in [3.63, 3.8) is 0 Å². The number of rotatable bonds is 6. The molecule has 3 rings (SSSR count). The SMILES string of the molecule is CCC(=O)Nc1cccnc1-c1ccc(C(=O)NCc2cccc(C)c2)cc1. The number of anilines is 1. The molecule has 28 heavy (non-hydrogen) atoms. The van der Waals surface area contributed by atoms with Crippen molar-refractivity contribution in [2.75, 3.05) is 5.32 Å². The van der Waals surface area contributed by atoms with Crippen LogP contribution in [-0.2, 0) is 11.3 Å². The zero-order chi connectivity index (χ0) is 19.9. The Morgan fingerprint density at radius 2 is 1.79 bits per heavy atom. The van der Waals surface area contributed by atoms with E-state index in [4.69, 9.17) is 0 Å². The van der Waals surface area contributed by atoms with Crippen molar-refractivity contribution in [1.82, 2.24) is 10.3 Å². The van der Waals surface area contributed by atoms with Gasteiger partial charge in [-0.25, -0.2) is 0 Å². The van der Waals surface area contributed by atoms with Gasteiger partial charge in [0.25, 0.3) is 5.91 Å². The quantitative estimate of drug-likeness (QED) is 0.675. The lowest BCUT2D eigenvalue weighted by atomic mass is 10.1. The summed E-state index contributed by atoms with van der Waals surface area (Å²) in [4.78, 5) is 28.5. The fourth-order valence-electron chi connectivity index (χ4n) is 2.86. The summed E-state index contributed by atoms with van der Waals surface area (Å²) in [7, 11) is 0. The molecule has 142 valence electrons. The minimum atomic E-state index is -0.131. The molecule has 0 spiro atoms. The number of aryl methyl sites for hydroxylation is 1. The third-order valence-electron chi connectivity index (χ3n) is 4.36. The monoisotopic (exact) mass is 373 g/mol. The van der Waals surface area contributed by atoms with Gasteiger partial charge in [-0.1, -0.05) is 48.9 Å². The third kappa shape index (κ3) is 4.82. The van der Waals surface area contributed by atoms with Crippen LogP contribution in [0.3, 0.4) is 0 Å². The zero-order valence-electron chi connectivity index (χ0n) is 16.0. The van der Waals surface area contributed by atoms with Crippen molar-refractivity contribution >= 4 is 17.5 Å². The highest BCUT2D eigenvalue weighted by molar-refractivity contribution is 5.96. The molecule has 0 saturated heterocycles. The maximum Gasteiger partial charge on any atom is 0.251 e. The second-order valence-corrected chi connectivity index (χ2v) is 6.55. The molecule has 1 aromatic heterocycles. The first kappa shape index (κ1) is 19.3. The van der Waals surface area contributed by atoms with Crippen LogP contribution >= 0.6 is 0 Å². The fourth-order valence-corrected chi connectivity index (χ4v) is 2.86. The van der Waals surface area contributed by atoms with Gasteiger partial charge in [0.05, 0.1) is 11.4 Å². The maximum absolute atomic E-state index is 12.4. The molecule has 2 amide bonds. The summed E-state index contributed by atoms with van der Waals surface area (Å²) in [6.45, 7) is 4.31. The number of nitrogens with zero attached hydrogens (tertiary/aromatic N) is 1. The van der Waals surface area contributed by atoms with Gasteiger partial charge in [0.2, 0.25) is 5.91 Å². The Morgan fingerprint density at radius 1 is 1.00 bits per heavy atom. The van der Waals surface area contributed by atoms with Gasteiger partial charge >= 0.3 is 0 Å². The Balaban J connectivity index is 1.71. The molecule has 0 aliphatic carbocycles. The molecule has 0 radical (unpaired) electrons. The molecule has 5 heteroatoms. The van der Waals surface area contributed by atoms with Crippen LogP contribution in [0, 0.1) is 6.92 Å². The lowest BCUT2D eigenvalue weighted by molar-refractivity contribution is -0.115. The minimum Gasteiger partial charge on any atom is -0.348 e. The average Bonchev–Trinajstić information content (AvgIpc) is 2.72. The fraction of sp³-hybridized carbons (Fsp3) is 0.174. The van der Waals surface area contributed by atoms with Crippen molar-refractivity contribution in [3.8, 4) is 11.3 Å². The number of amides is 2. The van der Waals surface area contributed by atoms with E-state index in [0.717, 1.165) is 16.7 Å². The van der Waals surface area contributed by atoms with Crippen LogP contribution in [-0.4, -0.2) is 16.8 Å². The van der Waals surface area contributed by atoms with Crippen molar-refractivity contribution in [3.05, 3.63) is 83.6 Å². The van der Waals surface area contributed by atoms with Gasteiger partial charge in [-0.15, -0.1) is 0 Å². The van der Waals surface area contributed by atoms with E-state index in [-0.39, 0.29) is 11.8 Å². The van der Waals surface area contributed by atoms with Gasteiger partial charge in [-0.2, -0.15) is 0 Å². The molecule has 0 atom stereocenters. The summed E-state index contributed by atoms with van der Waals surface area (Å²) in [5, 5.41) is 5.79. The number of hydrogen-bond donors (Lipinski definition) is 2. The Labute approximate surface area is 164 Å². The van der Waals surface area contributed by atoms with E-state index in [1.165, 1.54) is 0 Å². The summed E-state index contributed by atoms with van der Waals surface area (Å²) in [6, 6.07) is 18.9. The Bertz CT molecular complexity index is 981. The normalized spacial score (nSPS) is 10.4. The van der Waals surface area contributed by atoms with Crippen LogP contribution in [0.5, 0.6) is 0 Å². The molecule has 1 heterocycles. The topological polar surface area (TPSA) is 71.1 Å². The van der Waals surface area contributed by atoms with Crippen molar-refractivity contribution in [1.29, 1.82) is 0 Å². The first-order chi connectivity index (χ1) is 13.6. The summed E-state index contributed by atoms with van der Waals surface area (Å²) in [5.41, 5.74) is 4.97. The highest BCUT2D eigenvalue weighted by atomic mass is 16.2. The summed E-state index contributed by atoms with van der Waals surface area (Å²) < 4.78 is 0. The Hall–Kier alpha value is -3.47. The summed E-state index contributed by atoms with van der Waals surface area (Å²) in [6.07, 6.45) is 2.08. The summed E-state index contributed by atoms with van der Waals surface area (Å²) in [5.74, 6) is -0.199. The first-order valence-corrected chi connectivity index (χ1v) is 9.26. The lowest BCUT2D eigenvalue weighted by Gasteiger charge is -2.10. The van der Waals surface area contributed by atoms with Crippen LogP contribution < -0.4 is 10.6 Å². The molecule has 5 nitrogen and oxygen atoms in total. The number of pyridine rings is 1. The molecule has 0 aliphatic rings. The molecule has 0 fully saturated rings. The van der Waals surface area contributed by atoms with E-state index in [9.17, 15) is 9.59 Å². The Kier molecular flexibility index (Phi) is 6.17. The van der Waals surface area contributed by atoms with Gasteiger partial charge in [0.15, 0.2) is 0 Å². The van der Waals surface area contributed by atoms with Crippen LogP contribution in [0.25, 0.3) is 11.3 Å². The molecule has 2 aromatic carbocycles. The van der Waals surface area contributed by atoms with Gasteiger partial charge in [0.1, 0.15) is 0 Å². The molecule has 2 N–H and O–H groups in total. The van der Waals surface area contributed by atoms with Gasteiger partial charge in [0, 0.05) is 30.3 Å². The van der Waals surface area contributed by atoms with Crippen LogP contribution in [0.15, 0.2) is 66.9 Å². The molecule has 0 saturated carbocycles. The molecule has 3 aromatic rings. The van der Waals surface area contributed by atoms with E-state index in [1.54, 1.807) is 31.3 Å². The van der Waals surface area contributed by atoms with E-state index in [2.05, 4.69) is 21.7 Å². The Morgan fingerprint density at radius 3 is 2.50 bits per heavy atom. The largest absolute Gasteiger partial charge is 0.348 e. The standard InChI is InChI=1S/C23H23N3O2/c1-3-21(27)26-20-8-5-13-24-22(20)18-9-11-19(12-10-18)23(28)25-15-17-7-4-6-16(2)14-17/h4-14H,3,15H2,1-2H3,(H,25,28)(H,26,27). The average molecular weight is 373 g/mol. The minimum absolute atomic E-state index is 0.0682. The number of carbonyl (C=O) groups is 2. The predicted octanol–water partition coefficient (Wildman–Crippen LogP) is 4.34. The third-order valence-corrected chi connectivity index (χ3v) is 4.36. The second kappa shape index (κ2) is 8.95. The second-order valence-electron chi connectivity index (χ2n) is 6.55. The van der Waals surface area contributed by atoms with Crippen LogP contribution in [0.2, 0.25) is 0 Å². The van der Waals surface area contributed by atoms with Crippen LogP contribution in [0.4, 0.5) is 5.69 Å². The van der Waals surface area contributed by atoms with Crippen LogP contribution in [0.1, 0.15) is 34.8 Å². The van der Waals surface area contributed by atoms with E-state index in [0.29, 0.717) is 29.9 Å². The number of aromatic nitrogens is 1. The van der Waals surface area contributed by atoms with Gasteiger partial charge in [-0.3, -0.25) is 14.6 Å². The molecule has 0 aliphatic heterocycles. The zero-order valence-corrected chi connectivity index (χ0v) is 16.0. The number of nitrogens with one attached hydrogen (secondary N) is 2. The van der Waals surface area contributed by atoms with Crippen molar-refractivity contribution in [2.24, 2.45) is 0 Å². The maximum atomic E-state index is 12.4. The number of benzene rings is 2. The number of hydrogen-bond acceptors (Lipinski definition) is 3. The smallest absolute Gasteiger partial charge is 0.251 e. The van der Waals surface area contributed by atoms with Gasteiger partial charge in [-0.05, 0) is 36.8 Å². The highest BCUT2D eigenvalue weighted by Gasteiger charge is 2.10. The van der Waals surface area contributed by atoms with E-state index in [1.807, 2.05) is 43.3 Å². The highest BCUT2D eigenvalue weighted by Crippen LogP contribution is 2.25. The number of carbonyl (C=O) groups excluding carboxylic acids is 2. The molecular weight excluding hydrogens is 350 g/mol. The van der Waals surface area contributed by atoms with E-state index >= 15 is 0 Å².